The zero-order chi connectivity index (χ0) is 10.7. The van der Waals surface area contributed by atoms with Gasteiger partial charge in [-0.15, -0.1) is 0 Å². The third-order valence-corrected chi connectivity index (χ3v) is 5.33. The summed E-state index contributed by atoms with van der Waals surface area (Å²) in [4.78, 5) is 0. The highest BCUT2D eigenvalue weighted by Crippen LogP contribution is 2.20. The quantitative estimate of drug-likeness (QED) is 0.732. The third-order valence-electron chi connectivity index (χ3n) is 3.56. The van der Waals surface area contributed by atoms with Gasteiger partial charge in [0, 0.05) is 12.1 Å². The van der Waals surface area contributed by atoms with E-state index in [1.807, 2.05) is 0 Å². The molecule has 0 spiro atoms. The van der Waals surface area contributed by atoms with Crippen molar-refractivity contribution in [3.05, 3.63) is 0 Å². The highest BCUT2D eigenvalue weighted by atomic mass is 32.2. The molecule has 3 nitrogen and oxygen atoms in total. The van der Waals surface area contributed by atoms with Crippen LogP contribution in [0.15, 0.2) is 0 Å². The van der Waals surface area contributed by atoms with Crippen LogP contribution in [0.2, 0.25) is 0 Å². The van der Waals surface area contributed by atoms with Gasteiger partial charge in [0.25, 0.3) is 0 Å². The van der Waals surface area contributed by atoms with E-state index in [1.54, 1.807) is 0 Å². The maximum atomic E-state index is 11.3. The fraction of sp³-hybridized carbons (Fsp3) is 1.00. The topological polar surface area (TPSA) is 46.2 Å². The predicted octanol–water partition coefficient (Wildman–Crippen LogP) is 1.49. The van der Waals surface area contributed by atoms with E-state index < -0.39 is 9.84 Å². The normalized spacial score (nSPS) is 32.7. The van der Waals surface area contributed by atoms with E-state index in [4.69, 9.17) is 0 Å². The molecule has 1 heterocycles. The highest BCUT2D eigenvalue weighted by molar-refractivity contribution is 7.91. The van der Waals surface area contributed by atoms with E-state index in [0.29, 0.717) is 17.5 Å². The first-order valence-corrected chi connectivity index (χ1v) is 7.94. The molecule has 2 fully saturated rings. The first-order chi connectivity index (χ1) is 7.16. The van der Waals surface area contributed by atoms with Gasteiger partial charge in [0.1, 0.15) is 0 Å². The molecular formula is C11H21NO2S. The molecule has 0 amide bonds. The minimum absolute atomic E-state index is 0.234. The third kappa shape index (κ3) is 3.45. The summed E-state index contributed by atoms with van der Waals surface area (Å²) in [5.41, 5.74) is 0. The van der Waals surface area contributed by atoms with Crippen molar-refractivity contribution < 1.29 is 8.42 Å². The van der Waals surface area contributed by atoms with E-state index in [-0.39, 0.29) is 6.04 Å². The molecule has 4 heteroatoms. The second kappa shape index (κ2) is 4.83. The fourth-order valence-corrected chi connectivity index (χ4v) is 4.39. The minimum atomic E-state index is -2.72. The Morgan fingerprint density at radius 1 is 0.867 bits per heavy atom. The Labute approximate surface area is 92.6 Å². The summed E-state index contributed by atoms with van der Waals surface area (Å²) in [7, 11) is -2.72. The summed E-state index contributed by atoms with van der Waals surface area (Å²) in [6.45, 7) is 0. The average molecular weight is 231 g/mol. The first-order valence-electron chi connectivity index (χ1n) is 6.12. The number of sulfone groups is 1. The Kier molecular flexibility index (Phi) is 3.67. The van der Waals surface area contributed by atoms with Crippen molar-refractivity contribution in [1.82, 2.24) is 5.32 Å². The zero-order valence-corrected chi connectivity index (χ0v) is 10.1. The van der Waals surface area contributed by atoms with Crippen LogP contribution in [0.4, 0.5) is 0 Å². The Morgan fingerprint density at radius 3 is 2.07 bits per heavy atom. The van der Waals surface area contributed by atoms with Crippen molar-refractivity contribution in [3.8, 4) is 0 Å². The minimum Gasteiger partial charge on any atom is -0.310 e. The Balaban J connectivity index is 1.81. The molecule has 0 aromatic heterocycles. The second-order valence-corrected chi connectivity index (χ2v) is 7.18. The Bertz CT molecular complexity index is 292. The van der Waals surface area contributed by atoms with Gasteiger partial charge in [-0.2, -0.15) is 0 Å². The molecule has 1 unspecified atom stereocenters. The number of hydrogen-bond donors (Lipinski definition) is 1. The van der Waals surface area contributed by atoms with Crippen molar-refractivity contribution >= 4 is 9.84 Å². The molecule has 0 bridgehead atoms. The predicted molar refractivity (Wildman–Crippen MR) is 61.7 cm³/mol. The summed E-state index contributed by atoms with van der Waals surface area (Å²) in [5, 5.41) is 3.53. The molecule has 1 saturated heterocycles. The SMILES string of the molecule is O=S1(=O)CCC(NC2CCCCCC2)C1. The van der Waals surface area contributed by atoms with Crippen LogP contribution in [0.25, 0.3) is 0 Å². The molecule has 0 aromatic carbocycles. The molecule has 1 N–H and O–H groups in total. The largest absolute Gasteiger partial charge is 0.310 e. The number of hydrogen-bond acceptors (Lipinski definition) is 3. The van der Waals surface area contributed by atoms with Gasteiger partial charge in [0.15, 0.2) is 9.84 Å². The maximum absolute atomic E-state index is 11.3. The monoisotopic (exact) mass is 231 g/mol. The van der Waals surface area contributed by atoms with Crippen LogP contribution in [-0.2, 0) is 9.84 Å². The van der Waals surface area contributed by atoms with Crippen molar-refractivity contribution in [2.75, 3.05) is 11.5 Å². The van der Waals surface area contributed by atoms with Crippen LogP contribution in [0.3, 0.4) is 0 Å². The molecule has 1 aliphatic heterocycles. The average Bonchev–Trinajstić information content (AvgIpc) is 2.41. The lowest BCUT2D eigenvalue weighted by atomic mass is 10.1. The molecule has 2 rings (SSSR count). The molecule has 1 atom stereocenters. The lowest BCUT2D eigenvalue weighted by Crippen LogP contribution is -2.38. The van der Waals surface area contributed by atoms with Gasteiger partial charge in [-0.1, -0.05) is 25.7 Å². The highest BCUT2D eigenvalue weighted by Gasteiger charge is 2.29. The van der Waals surface area contributed by atoms with Crippen LogP contribution >= 0.6 is 0 Å². The van der Waals surface area contributed by atoms with Crippen molar-refractivity contribution in [1.29, 1.82) is 0 Å². The van der Waals surface area contributed by atoms with Crippen molar-refractivity contribution in [2.45, 2.75) is 57.0 Å². The molecule has 0 radical (unpaired) electrons. The van der Waals surface area contributed by atoms with Crippen molar-refractivity contribution in [3.63, 3.8) is 0 Å². The summed E-state index contributed by atoms with van der Waals surface area (Å²) in [6, 6.07) is 0.809. The van der Waals surface area contributed by atoms with E-state index in [1.165, 1.54) is 38.5 Å². The smallest absolute Gasteiger partial charge is 0.151 e. The Hall–Kier alpha value is -0.0900. The van der Waals surface area contributed by atoms with Gasteiger partial charge in [0.05, 0.1) is 11.5 Å². The molecule has 2 aliphatic rings. The van der Waals surface area contributed by atoms with Crippen LogP contribution in [-0.4, -0.2) is 32.0 Å². The van der Waals surface area contributed by atoms with Crippen LogP contribution in [0.5, 0.6) is 0 Å². The standard InChI is InChI=1S/C11H21NO2S/c13-15(14)8-7-11(9-15)12-10-5-3-1-2-4-6-10/h10-12H,1-9H2. The molecule has 15 heavy (non-hydrogen) atoms. The van der Waals surface area contributed by atoms with Crippen LogP contribution < -0.4 is 5.32 Å². The van der Waals surface area contributed by atoms with E-state index >= 15 is 0 Å². The summed E-state index contributed by atoms with van der Waals surface area (Å²) in [5.74, 6) is 0.751. The lowest BCUT2D eigenvalue weighted by molar-refractivity contribution is 0.410. The van der Waals surface area contributed by atoms with Crippen LogP contribution in [0.1, 0.15) is 44.9 Å². The van der Waals surface area contributed by atoms with Gasteiger partial charge < -0.3 is 5.32 Å². The number of nitrogens with one attached hydrogen (secondary N) is 1. The second-order valence-electron chi connectivity index (χ2n) is 4.96. The molecule has 1 aliphatic carbocycles. The number of rotatable bonds is 2. The van der Waals surface area contributed by atoms with Gasteiger partial charge in [0.2, 0.25) is 0 Å². The first kappa shape index (κ1) is 11.4. The fourth-order valence-electron chi connectivity index (χ4n) is 2.71. The van der Waals surface area contributed by atoms with Gasteiger partial charge in [-0.05, 0) is 19.3 Å². The van der Waals surface area contributed by atoms with Crippen LogP contribution in [0, 0.1) is 0 Å². The van der Waals surface area contributed by atoms with E-state index in [0.717, 1.165) is 6.42 Å². The van der Waals surface area contributed by atoms with Gasteiger partial charge in [-0.3, -0.25) is 0 Å². The molecular weight excluding hydrogens is 210 g/mol. The van der Waals surface area contributed by atoms with E-state index in [9.17, 15) is 8.42 Å². The molecule has 1 saturated carbocycles. The Morgan fingerprint density at radius 2 is 1.53 bits per heavy atom. The molecule has 88 valence electrons. The lowest BCUT2D eigenvalue weighted by Gasteiger charge is -2.20. The molecule has 0 aromatic rings. The van der Waals surface area contributed by atoms with E-state index in [2.05, 4.69) is 5.32 Å². The zero-order valence-electron chi connectivity index (χ0n) is 9.24. The van der Waals surface area contributed by atoms with Crippen molar-refractivity contribution in [2.24, 2.45) is 0 Å². The summed E-state index contributed by atoms with van der Waals surface area (Å²) < 4.78 is 22.6. The van der Waals surface area contributed by atoms with Gasteiger partial charge in [-0.25, -0.2) is 8.42 Å². The van der Waals surface area contributed by atoms with Gasteiger partial charge >= 0.3 is 0 Å². The summed E-state index contributed by atoms with van der Waals surface area (Å²) in [6.07, 6.45) is 8.59. The summed E-state index contributed by atoms with van der Waals surface area (Å²) >= 11 is 0. The maximum Gasteiger partial charge on any atom is 0.151 e.